The van der Waals surface area contributed by atoms with Crippen LogP contribution in [-0.4, -0.2) is 49.2 Å². The van der Waals surface area contributed by atoms with Crippen LogP contribution in [0.3, 0.4) is 0 Å². The Labute approximate surface area is 242 Å². The number of hydrogen-bond acceptors (Lipinski definition) is 3. The van der Waals surface area contributed by atoms with Crippen molar-refractivity contribution in [3.05, 3.63) is 23.8 Å². The Morgan fingerprint density at radius 3 is 1.54 bits per heavy atom. The highest BCUT2D eigenvalue weighted by molar-refractivity contribution is 5.55. The van der Waals surface area contributed by atoms with E-state index in [1.54, 1.807) is 0 Å². The Bertz CT molecular complexity index is 748. The van der Waals surface area contributed by atoms with Gasteiger partial charge in [0.2, 0.25) is 0 Å². The lowest BCUT2D eigenvalue weighted by atomic mass is 10.1. The SMILES string of the molecule is CCCCCCCCCCCCOc1ccc(CN2CC=[N+](C)C2)cc1OCCCCCCCCCCCC. The highest BCUT2D eigenvalue weighted by atomic mass is 16.5. The summed E-state index contributed by atoms with van der Waals surface area (Å²) in [6, 6.07) is 6.59. The number of rotatable bonds is 26. The van der Waals surface area contributed by atoms with Crippen LogP contribution < -0.4 is 9.47 Å². The summed E-state index contributed by atoms with van der Waals surface area (Å²) in [5.74, 6) is 1.86. The fourth-order valence-corrected chi connectivity index (χ4v) is 5.48. The molecule has 1 aromatic carbocycles. The Hall–Kier alpha value is -1.55. The van der Waals surface area contributed by atoms with Crippen LogP contribution in [0.15, 0.2) is 18.2 Å². The second-order valence-corrected chi connectivity index (χ2v) is 11.9. The maximum absolute atomic E-state index is 6.32. The largest absolute Gasteiger partial charge is 0.490 e. The summed E-state index contributed by atoms with van der Waals surface area (Å²) >= 11 is 0. The first-order chi connectivity index (χ1) is 19.2. The molecule has 0 aliphatic carbocycles. The van der Waals surface area contributed by atoms with Gasteiger partial charge in [-0.05, 0) is 30.5 Å². The van der Waals surface area contributed by atoms with E-state index in [9.17, 15) is 0 Å². The van der Waals surface area contributed by atoms with Gasteiger partial charge in [-0.3, -0.25) is 0 Å². The molecule has 0 unspecified atom stereocenters. The third-order valence-electron chi connectivity index (χ3n) is 8.00. The fraction of sp³-hybridized carbons (Fsp3) is 0.800. The molecule has 2 rings (SSSR count). The molecule has 0 fully saturated rings. The first-order valence-electron chi connectivity index (χ1n) is 16.9. The highest BCUT2D eigenvalue weighted by Gasteiger charge is 2.18. The van der Waals surface area contributed by atoms with E-state index >= 15 is 0 Å². The van der Waals surface area contributed by atoms with E-state index in [-0.39, 0.29) is 0 Å². The second kappa shape index (κ2) is 23.2. The first-order valence-corrected chi connectivity index (χ1v) is 16.9. The van der Waals surface area contributed by atoms with Crippen LogP contribution in [0.25, 0.3) is 0 Å². The molecular formula is C35H63N2O2+. The lowest BCUT2D eigenvalue weighted by Gasteiger charge is -2.16. The third-order valence-corrected chi connectivity index (χ3v) is 8.00. The maximum Gasteiger partial charge on any atom is 0.199 e. The van der Waals surface area contributed by atoms with Crippen molar-refractivity contribution in [2.75, 3.05) is 33.5 Å². The molecule has 0 N–H and O–H groups in total. The van der Waals surface area contributed by atoms with E-state index in [0.29, 0.717) is 0 Å². The molecule has 0 radical (unpaired) electrons. The average molecular weight is 544 g/mol. The number of benzene rings is 1. The normalized spacial score (nSPS) is 13.7. The zero-order valence-electron chi connectivity index (χ0n) is 26.2. The van der Waals surface area contributed by atoms with Crippen LogP contribution in [0.2, 0.25) is 0 Å². The van der Waals surface area contributed by atoms with E-state index in [1.807, 2.05) is 0 Å². The topological polar surface area (TPSA) is 24.7 Å². The minimum atomic E-state index is 0.787. The van der Waals surface area contributed by atoms with E-state index in [0.717, 1.165) is 57.3 Å². The van der Waals surface area contributed by atoms with Gasteiger partial charge in [0.15, 0.2) is 24.4 Å². The maximum atomic E-state index is 6.32. The quantitative estimate of drug-likeness (QED) is 0.0858. The van der Waals surface area contributed by atoms with Crippen LogP contribution in [-0.2, 0) is 6.54 Å². The van der Waals surface area contributed by atoms with Crippen LogP contribution in [0.5, 0.6) is 11.5 Å². The molecule has 4 heteroatoms. The summed E-state index contributed by atoms with van der Waals surface area (Å²) in [4.78, 5) is 2.45. The molecule has 1 aliphatic heterocycles. The molecule has 1 heterocycles. The summed E-state index contributed by atoms with van der Waals surface area (Å²) in [6.07, 6.45) is 29.2. The molecule has 0 aromatic heterocycles. The molecule has 0 saturated heterocycles. The van der Waals surface area contributed by atoms with Crippen LogP contribution >= 0.6 is 0 Å². The van der Waals surface area contributed by atoms with E-state index in [1.165, 1.54) is 121 Å². The molecule has 0 amide bonds. The molecule has 0 spiro atoms. The van der Waals surface area contributed by atoms with Gasteiger partial charge in [0.1, 0.15) is 7.05 Å². The van der Waals surface area contributed by atoms with Gasteiger partial charge >= 0.3 is 0 Å². The summed E-state index contributed by atoms with van der Waals surface area (Å²) in [6.45, 7) is 9.11. The molecule has 39 heavy (non-hydrogen) atoms. The molecule has 1 aliphatic rings. The van der Waals surface area contributed by atoms with E-state index in [4.69, 9.17) is 9.47 Å². The van der Waals surface area contributed by atoms with Crippen molar-refractivity contribution in [2.24, 2.45) is 0 Å². The van der Waals surface area contributed by atoms with Crippen molar-refractivity contribution in [1.29, 1.82) is 0 Å². The standard InChI is InChI=1S/C35H63N2O2/c1-4-6-8-10-12-14-16-18-20-22-28-38-34-25-24-33(31-37-27-26-36(3)32-37)30-35(34)39-29-23-21-19-17-15-13-11-9-7-5-2/h24-26,30H,4-23,27-29,31-32H2,1-3H3/q+1. The van der Waals surface area contributed by atoms with Gasteiger partial charge in [-0.1, -0.05) is 135 Å². The molecule has 0 atom stereocenters. The zero-order valence-corrected chi connectivity index (χ0v) is 26.2. The predicted molar refractivity (Wildman–Crippen MR) is 169 cm³/mol. The molecule has 0 bridgehead atoms. The fourth-order valence-electron chi connectivity index (χ4n) is 5.48. The van der Waals surface area contributed by atoms with Gasteiger partial charge in [-0.25, -0.2) is 9.48 Å². The third kappa shape index (κ3) is 17.0. The number of nitrogens with zero attached hydrogens (tertiary/aromatic N) is 2. The Morgan fingerprint density at radius 1 is 0.615 bits per heavy atom. The van der Waals surface area contributed by atoms with Gasteiger partial charge in [-0.2, -0.15) is 0 Å². The number of unbranched alkanes of at least 4 members (excludes halogenated alkanes) is 18. The summed E-state index contributed by atoms with van der Waals surface area (Å²) < 4.78 is 14.8. The van der Waals surface area contributed by atoms with Crippen molar-refractivity contribution < 1.29 is 14.0 Å². The van der Waals surface area contributed by atoms with Gasteiger partial charge < -0.3 is 9.47 Å². The van der Waals surface area contributed by atoms with Gasteiger partial charge in [0.25, 0.3) is 0 Å². The Morgan fingerprint density at radius 2 is 1.08 bits per heavy atom. The first kappa shape index (κ1) is 33.7. The van der Waals surface area contributed by atoms with Crippen molar-refractivity contribution >= 4 is 6.21 Å². The van der Waals surface area contributed by atoms with Crippen molar-refractivity contribution in [3.63, 3.8) is 0 Å². The van der Waals surface area contributed by atoms with Crippen molar-refractivity contribution in [2.45, 2.75) is 149 Å². The molecular weight excluding hydrogens is 480 g/mol. The van der Waals surface area contributed by atoms with Crippen molar-refractivity contribution in [3.8, 4) is 11.5 Å². The molecule has 1 aromatic rings. The van der Waals surface area contributed by atoms with Gasteiger partial charge in [0.05, 0.1) is 19.8 Å². The Balaban J connectivity index is 1.67. The average Bonchev–Trinajstić information content (AvgIpc) is 3.35. The summed E-state index contributed by atoms with van der Waals surface area (Å²) in [5, 5.41) is 0. The minimum absolute atomic E-state index is 0.787. The molecule has 224 valence electrons. The Kier molecular flexibility index (Phi) is 20.0. The smallest absolute Gasteiger partial charge is 0.199 e. The number of ether oxygens (including phenoxy) is 2. The lowest BCUT2D eigenvalue weighted by molar-refractivity contribution is -0.502. The summed E-state index contributed by atoms with van der Waals surface area (Å²) in [5.41, 5.74) is 1.31. The van der Waals surface area contributed by atoms with E-state index in [2.05, 4.69) is 54.8 Å². The van der Waals surface area contributed by atoms with Crippen LogP contribution in [0.1, 0.15) is 148 Å². The van der Waals surface area contributed by atoms with Gasteiger partial charge in [0, 0.05) is 6.54 Å². The lowest BCUT2D eigenvalue weighted by Crippen LogP contribution is -2.23. The predicted octanol–water partition coefficient (Wildman–Crippen LogP) is 9.77. The molecule has 0 saturated carbocycles. The van der Waals surface area contributed by atoms with Crippen LogP contribution in [0.4, 0.5) is 0 Å². The van der Waals surface area contributed by atoms with Crippen LogP contribution in [0, 0.1) is 0 Å². The summed E-state index contributed by atoms with van der Waals surface area (Å²) in [7, 11) is 2.14. The second-order valence-electron chi connectivity index (χ2n) is 11.9. The monoisotopic (exact) mass is 543 g/mol. The van der Waals surface area contributed by atoms with E-state index < -0.39 is 0 Å². The zero-order chi connectivity index (χ0) is 27.8. The van der Waals surface area contributed by atoms with Crippen molar-refractivity contribution in [1.82, 2.24) is 4.90 Å². The van der Waals surface area contributed by atoms with Gasteiger partial charge in [-0.15, -0.1) is 0 Å². The highest BCUT2D eigenvalue weighted by Crippen LogP contribution is 2.30. The number of hydrogen-bond donors (Lipinski definition) is 0. The minimum Gasteiger partial charge on any atom is -0.490 e. The molecule has 4 nitrogen and oxygen atoms in total.